The second-order valence-corrected chi connectivity index (χ2v) is 3.10. The smallest absolute Gasteiger partial charge is 0.0518 e. The van der Waals surface area contributed by atoms with E-state index in [0.717, 1.165) is 12.6 Å². The topological polar surface area (TPSA) is 29.9 Å². The van der Waals surface area contributed by atoms with Crippen molar-refractivity contribution >= 4 is 0 Å². The molecule has 0 aliphatic heterocycles. The van der Waals surface area contributed by atoms with Gasteiger partial charge in [0.2, 0.25) is 0 Å². The average molecular weight is 151 g/mol. The molecule has 1 aromatic rings. The number of hydrogen-bond donors (Lipinski definition) is 1. The molecular formula is C8H13N3. The summed E-state index contributed by atoms with van der Waals surface area (Å²) < 4.78 is 1.91. The van der Waals surface area contributed by atoms with Crippen molar-refractivity contribution in [3.05, 3.63) is 18.0 Å². The van der Waals surface area contributed by atoms with E-state index in [4.69, 9.17) is 0 Å². The minimum atomic E-state index is 0.782. The molecule has 1 aliphatic rings. The van der Waals surface area contributed by atoms with Gasteiger partial charge in [0.25, 0.3) is 0 Å². The third kappa shape index (κ3) is 1.60. The Labute approximate surface area is 66.4 Å². The van der Waals surface area contributed by atoms with Crippen LogP contribution in [0, 0.1) is 0 Å². The van der Waals surface area contributed by atoms with Crippen LogP contribution in [0.2, 0.25) is 0 Å². The second-order valence-electron chi connectivity index (χ2n) is 3.10. The van der Waals surface area contributed by atoms with Crippen LogP contribution in [-0.2, 0) is 13.6 Å². The van der Waals surface area contributed by atoms with Crippen molar-refractivity contribution in [1.82, 2.24) is 15.1 Å². The fraction of sp³-hybridized carbons (Fsp3) is 0.625. The molecule has 0 spiro atoms. The Morgan fingerprint density at radius 3 is 3.09 bits per heavy atom. The maximum Gasteiger partial charge on any atom is 0.0518 e. The first kappa shape index (κ1) is 6.85. The first-order valence-corrected chi connectivity index (χ1v) is 4.06. The Morgan fingerprint density at radius 2 is 2.55 bits per heavy atom. The van der Waals surface area contributed by atoms with Gasteiger partial charge in [0.1, 0.15) is 0 Å². The highest BCUT2D eigenvalue weighted by Gasteiger charge is 2.20. The highest BCUT2D eigenvalue weighted by Crippen LogP contribution is 2.18. The Kier molecular flexibility index (Phi) is 1.66. The normalized spacial score (nSPS) is 17.2. The molecular weight excluding hydrogens is 138 g/mol. The van der Waals surface area contributed by atoms with Crippen molar-refractivity contribution < 1.29 is 0 Å². The number of hydrogen-bond acceptors (Lipinski definition) is 2. The van der Waals surface area contributed by atoms with Gasteiger partial charge in [-0.25, -0.2) is 0 Å². The first-order chi connectivity index (χ1) is 5.36. The van der Waals surface area contributed by atoms with Gasteiger partial charge >= 0.3 is 0 Å². The van der Waals surface area contributed by atoms with E-state index in [2.05, 4.69) is 16.5 Å². The molecule has 1 aromatic heterocycles. The molecule has 3 heteroatoms. The third-order valence-electron chi connectivity index (χ3n) is 2.07. The van der Waals surface area contributed by atoms with Crippen LogP contribution >= 0.6 is 0 Å². The zero-order chi connectivity index (χ0) is 7.68. The van der Waals surface area contributed by atoms with Gasteiger partial charge in [-0.15, -0.1) is 0 Å². The highest BCUT2D eigenvalue weighted by molar-refractivity contribution is 5.00. The van der Waals surface area contributed by atoms with Crippen LogP contribution in [0.5, 0.6) is 0 Å². The van der Waals surface area contributed by atoms with Gasteiger partial charge in [0.15, 0.2) is 0 Å². The van der Waals surface area contributed by atoms with Gasteiger partial charge in [-0.05, 0) is 18.9 Å². The molecule has 1 saturated carbocycles. The van der Waals surface area contributed by atoms with Crippen LogP contribution in [-0.4, -0.2) is 15.8 Å². The van der Waals surface area contributed by atoms with E-state index in [-0.39, 0.29) is 0 Å². The van der Waals surface area contributed by atoms with Gasteiger partial charge < -0.3 is 5.32 Å². The lowest BCUT2D eigenvalue weighted by molar-refractivity contribution is 0.623. The quantitative estimate of drug-likeness (QED) is 0.688. The Hall–Kier alpha value is -0.830. The molecule has 0 atom stereocenters. The predicted octanol–water partition coefficient (Wildman–Crippen LogP) is 0.672. The number of nitrogens with one attached hydrogen (secondary N) is 1. The number of aryl methyl sites for hydroxylation is 1. The lowest BCUT2D eigenvalue weighted by Crippen LogP contribution is -2.17. The van der Waals surface area contributed by atoms with Crippen molar-refractivity contribution in [2.24, 2.45) is 7.05 Å². The zero-order valence-corrected chi connectivity index (χ0v) is 6.75. The van der Waals surface area contributed by atoms with E-state index in [0.29, 0.717) is 0 Å². The SMILES string of the molecule is Cn1nccc1CNC1CC1. The molecule has 0 aromatic carbocycles. The summed E-state index contributed by atoms with van der Waals surface area (Å²) in [6, 6.07) is 2.83. The van der Waals surface area contributed by atoms with Gasteiger partial charge in [0, 0.05) is 25.8 Å². The van der Waals surface area contributed by atoms with Crippen LogP contribution in [0.1, 0.15) is 18.5 Å². The standard InChI is InChI=1S/C8H13N3/c1-11-8(4-5-10-11)6-9-7-2-3-7/h4-5,7,9H,2-3,6H2,1H3. The minimum absolute atomic E-state index is 0.782. The molecule has 0 unspecified atom stereocenters. The maximum atomic E-state index is 4.09. The minimum Gasteiger partial charge on any atom is -0.308 e. The van der Waals surface area contributed by atoms with E-state index in [1.54, 1.807) is 0 Å². The predicted molar refractivity (Wildman–Crippen MR) is 43.1 cm³/mol. The average Bonchev–Trinajstić information content (AvgIpc) is 2.73. The molecule has 0 amide bonds. The van der Waals surface area contributed by atoms with E-state index in [9.17, 15) is 0 Å². The van der Waals surface area contributed by atoms with Gasteiger partial charge in [-0.2, -0.15) is 5.10 Å². The lowest BCUT2D eigenvalue weighted by atomic mass is 10.4. The number of nitrogens with zero attached hydrogens (tertiary/aromatic N) is 2. The van der Waals surface area contributed by atoms with E-state index >= 15 is 0 Å². The second kappa shape index (κ2) is 2.66. The van der Waals surface area contributed by atoms with Gasteiger partial charge in [0.05, 0.1) is 5.69 Å². The molecule has 0 bridgehead atoms. The summed E-state index contributed by atoms with van der Waals surface area (Å²) in [5.41, 5.74) is 1.26. The molecule has 0 saturated heterocycles. The Bertz CT molecular complexity index is 237. The van der Waals surface area contributed by atoms with Crippen LogP contribution in [0.4, 0.5) is 0 Å². The third-order valence-corrected chi connectivity index (χ3v) is 2.07. The molecule has 1 heterocycles. The Morgan fingerprint density at radius 1 is 1.73 bits per heavy atom. The maximum absolute atomic E-state index is 4.09. The van der Waals surface area contributed by atoms with E-state index < -0.39 is 0 Å². The van der Waals surface area contributed by atoms with Crippen LogP contribution < -0.4 is 5.32 Å². The molecule has 1 fully saturated rings. The fourth-order valence-electron chi connectivity index (χ4n) is 1.11. The van der Waals surface area contributed by atoms with E-state index in [1.807, 2.05) is 17.9 Å². The van der Waals surface area contributed by atoms with Crippen molar-refractivity contribution in [2.45, 2.75) is 25.4 Å². The molecule has 0 radical (unpaired) electrons. The summed E-state index contributed by atoms with van der Waals surface area (Å²) in [6.45, 7) is 0.959. The summed E-state index contributed by atoms with van der Waals surface area (Å²) in [5, 5.41) is 7.53. The molecule has 11 heavy (non-hydrogen) atoms. The first-order valence-electron chi connectivity index (χ1n) is 4.06. The largest absolute Gasteiger partial charge is 0.308 e. The van der Waals surface area contributed by atoms with Gasteiger partial charge in [-0.3, -0.25) is 4.68 Å². The van der Waals surface area contributed by atoms with Crippen molar-refractivity contribution in [3.8, 4) is 0 Å². The van der Waals surface area contributed by atoms with Crippen LogP contribution in [0.3, 0.4) is 0 Å². The lowest BCUT2D eigenvalue weighted by Gasteiger charge is -2.01. The molecule has 1 aliphatic carbocycles. The fourth-order valence-corrected chi connectivity index (χ4v) is 1.11. The summed E-state index contributed by atoms with van der Waals surface area (Å²) in [7, 11) is 1.98. The van der Waals surface area contributed by atoms with Gasteiger partial charge in [-0.1, -0.05) is 0 Å². The molecule has 60 valence electrons. The monoisotopic (exact) mass is 151 g/mol. The number of rotatable bonds is 3. The highest BCUT2D eigenvalue weighted by atomic mass is 15.3. The molecule has 1 N–H and O–H groups in total. The summed E-state index contributed by atoms with van der Waals surface area (Å²) in [5.74, 6) is 0. The molecule has 2 rings (SSSR count). The summed E-state index contributed by atoms with van der Waals surface area (Å²) in [4.78, 5) is 0. The van der Waals surface area contributed by atoms with Crippen LogP contribution in [0.15, 0.2) is 12.3 Å². The van der Waals surface area contributed by atoms with E-state index in [1.165, 1.54) is 18.5 Å². The summed E-state index contributed by atoms with van der Waals surface area (Å²) in [6.07, 6.45) is 4.53. The Balaban J connectivity index is 1.89. The van der Waals surface area contributed by atoms with Crippen molar-refractivity contribution in [3.63, 3.8) is 0 Å². The molecule has 3 nitrogen and oxygen atoms in total. The van der Waals surface area contributed by atoms with Crippen LogP contribution in [0.25, 0.3) is 0 Å². The zero-order valence-electron chi connectivity index (χ0n) is 6.75. The van der Waals surface area contributed by atoms with Crippen molar-refractivity contribution in [1.29, 1.82) is 0 Å². The van der Waals surface area contributed by atoms with Crippen molar-refractivity contribution in [2.75, 3.05) is 0 Å². The number of aromatic nitrogens is 2. The summed E-state index contributed by atoms with van der Waals surface area (Å²) >= 11 is 0.